The molecule has 1 rings (SSSR count). The predicted octanol–water partition coefficient (Wildman–Crippen LogP) is 2.96. The number of esters is 1. The number of hydrogen-bond donors (Lipinski definition) is 0. The molecule has 0 radical (unpaired) electrons. The fraction of sp³-hybridized carbons (Fsp3) is 0.333. The predicted molar refractivity (Wildman–Crippen MR) is 45.5 cm³/mol. The quantitative estimate of drug-likeness (QED) is 0.614. The molecule has 9 heteroatoms. The second kappa shape index (κ2) is 4.83. The number of alkyl halides is 5. The first-order valence-electron chi connectivity index (χ1n) is 4.32. The van der Waals surface area contributed by atoms with Gasteiger partial charge in [-0.25, -0.2) is 22.9 Å². The highest BCUT2D eigenvalue weighted by atomic mass is 19.4. The highest BCUT2D eigenvalue weighted by molar-refractivity contribution is 5.90. The summed E-state index contributed by atoms with van der Waals surface area (Å²) in [6, 6.07) is 0.0309. The van der Waals surface area contributed by atoms with Crippen LogP contribution < -0.4 is 0 Å². The molecule has 0 atom stereocenters. The largest absolute Gasteiger partial charge is 0.465 e. The van der Waals surface area contributed by atoms with Gasteiger partial charge in [0.25, 0.3) is 6.43 Å². The molecule has 0 aliphatic rings. The van der Waals surface area contributed by atoms with Gasteiger partial charge >= 0.3 is 12.1 Å². The summed E-state index contributed by atoms with van der Waals surface area (Å²) in [5.41, 5.74) is -4.63. The number of rotatable bonds is 2. The van der Waals surface area contributed by atoms with Crippen molar-refractivity contribution in [3.63, 3.8) is 0 Å². The Kier molecular flexibility index (Phi) is 3.82. The van der Waals surface area contributed by atoms with Crippen LogP contribution in [0.25, 0.3) is 0 Å². The molecular formula is C9H5F6NO2. The van der Waals surface area contributed by atoms with Gasteiger partial charge in [0.15, 0.2) is 11.5 Å². The fourth-order valence-electron chi connectivity index (χ4n) is 1.14. The van der Waals surface area contributed by atoms with Gasteiger partial charge in [-0.3, -0.25) is 0 Å². The minimum absolute atomic E-state index is 0.0309. The van der Waals surface area contributed by atoms with Crippen LogP contribution in [0.4, 0.5) is 26.3 Å². The summed E-state index contributed by atoms with van der Waals surface area (Å²) in [6.07, 6.45) is -8.71. The summed E-state index contributed by atoms with van der Waals surface area (Å²) in [5.74, 6) is -3.32. The van der Waals surface area contributed by atoms with Crippen LogP contribution in [0.3, 0.4) is 0 Å². The molecule has 0 fully saturated rings. The zero-order chi connectivity index (χ0) is 14.1. The summed E-state index contributed by atoms with van der Waals surface area (Å²) in [5, 5.41) is 0. The van der Waals surface area contributed by atoms with Crippen molar-refractivity contribution in [1.82, 2.24) is 4.98 Å². The lowest BCUT2D eigenvalue weighted by molar-refractivity contribution is -0.144. The van der Waals surface area contributed by atoms with Gasteiger partial charge in [0.1, 0.15) is 5.69 Å². The molecule has 1 aromatic heterocycles. The average Bonchev–Trinajstić information content (AvgIpc) is 2.25. The van der Waals surface area contributed by atoms with Crippen LogP contribution in [-0.4, -0.2) is 18.1 Å². The lowest BCUT2D eigenvalue weighted by Crippen LogP contribution is -2.17. The van der Waals surface area contributed by atoms with Gasteiger partial charge in [-0.05, 0) is 6.07 Å². The summed E-state index contributed by atoms with van der Waals surface area (Å²) < 4.78 is 78.8. The Labute approximate surface area is 96.4 Å². The topological polar surface area (TPSA) is 39.2 Å². The number of nitrogens with zero attached hydrogens (tertiary/aromatic N) is 1. The normalized spacial score (nSPS) is 11.8. The van der Waals surface area contributed by atoms with Crippen LogP contribution in [0.5, 0.6) is 0 Å². The lowest BCUT2D eigenvalue weighted by Gasteiger charge is -2.11. The monoisotopic (exact) mass is 273 g/mol. The number of carbonyl (C=O) groups is 1. The van der Waals surface area contributed by atoms with Gasteiger partial charge in [-0.15, -0.1) is 0 Å². The molecular weight excluding hydrogens is 268 g/mol. The Hall–Kier alpha value is -1.80. The third kappa shape index (κ3) is 2.71. The maximum Gasteiger partial charge on any atom is 0.436 e. The van der Waals surface area contributed by atoms with E-state index in [1.165, 1.54) is 0 Å². The Morgan fingerprint density at radius 3 is 2.33 bits per heavy atom. The van der Waals surface area contributed by atoms with Crippen LogP contribution in [0, 0.1) is 5.82 Å². The number of carbonyl (C=O) groups excluding carboxylic acids is 1. The van der Waals surface area contributed by atoms with E-state index in [0.717, 1.165) is 7.11 Å². The van der Waals surface area contributed by atoms with Crippen molar-refractivity contribution in [2.24, 2.45) is 0 Å². The van der Waals surface area contributed by atoms with E-state index in [2.05, 4.69) is 9.72 Å². The molecule has 0 unspecified atom stereocenters. The van der Waals surface area contributed by atoms with Crippen LogP contribution in [-0.2, 0) is 10.9 Å². The molecule has 0 N–H and O–H groups in total. The maximum absolute atomic E-state index is 13.1. The van der Waals surface area contributed by atoms with E-state index in [1.54, 1.807) is 0 Å². The van der Waals surface area contributed by atoms with Crippen molar-refractivity contribution in [2.75, 3.05) is 7.11 Å². The van der Waals surface area contributed by atoms with Crippen LogP contribution >= 0.6 is 0 Å². The Bertz CT molecular complexity index is 471. The second-order valence-electron chi connectivity index (χ2n) is 3.04. The smallest absolute Gasteiger partial charge is 0.436 e. The zero-order valence-electron chi connectivity index (χ0n) is 8.69. The molecule has 0 aliphatic heterocycles. The van der Waals surface area contributed by atoms with Crippen molar-refractivity contribution in [3.8, 4) is 0 Å². The number of aromatic nitrogens is 1. The first-order chi connectivity index (χ1) is 8.18. The maximum atomic E-state index is 13.1. The standard InChI is InChI=1S/C9H5F6NO2/c1-18-8(17)3-2-4(10)6(9(13,14)15)16-5(3)7(11)12/h2,7H,1H3. The Balaban J connectivity index is 3.49. The van der Waals surface area contributed by atoms with Crippen molar-refractivity contribution in [1.29, 1.82) is 0 Å². The molecule has 0 spiro atoms. The fourth-order valence-corrected chi connectivity index (χ4v) is 1.14. The van der Waals surface area contributed by atoms with E-state index in [9.17, 15) is 31.1 Å². The van der Waals surface area contributed by atoms with Crippen molar-refractivity contribution >= 4 is 5.97 Å². The van der Waals surface area contributed by atoms with E-state index in [0.29, 0.717) is 0 Å². The molecule has 1 heterocycles. The van der Waals surface area contributed by atoms with E-state index >= 15 is 0 Å². The SMILES string of the molecule is COC(=O)c1cc(F)c(C(F)(F)F)nc1C(F)F. The van der Waals surface area contributed by atoms with E-state index in [1.807, 2.05) is 0 Å². The van der Waals surface area contributed by atoms with Crippen LogP contribution in [0.15, 0.2) is 6.07 Å². The average molecular weight is 273 g/mol. The highest BCUT2D eigenvalue weighted by Crippen LogP contribution is 2.33. The summed E-state index contributed by atoms with van der Waals surface area (Å²) >= 11 is 0. The molecule has 100 valence electrons. The molecule has 0 saturated heterocycles. The Morgan fingerprint density at radius 1 is 1.39 bits per heavy atom. The summed E-state index contributed by atoms with van der Waals surface area (Å²) in [7, 11) is 0.813. The van der Waals surface area contributed by atoms with Crippen LogP contribution in [0.2, 0.25) is 0 Å². The molecule has 0 bridgehead atoms. The first kappa shape index (κ1) is 14.3. The number of halogens is 6. The third-order valence-corrected chi connectivity index (χ3v) is 1.89. The van der Waals surface area contributed by atoms with Gasteiger partial charge in [0, 0.05) is 0 Å². The molecule has 0 aromatic carbocycles. The minimum atomic E-state index is -5.23. The molecule has 0 aliphatic carbocycles. The van der Waals surface area contributed by atoms with Crippen LogP contribution in [0.1, 0.15) is 28.2 Å². The van der Waals surface area contributed by atoms with E-state index in [4.69, 9.17) is 0 Å². The van der Waals surface area contributed by atoms with E-state index in [-0.39, 0.29) is 6.07 Å². The van der Waals surface area contributed by atoms with Gasteiger partial charge in [0.05, 0.1) is 12.7 Å². The summed E-state index contributed by atoms with van der Waals surface area (Å²) in [4.78, 5) is 13.5. The van der Waals surface area contributed by atoms with Crippen molar-refractivity contribution < 1.29 is 35.9 Å². The van der Waals surface area contributed by atoms with Gasteiger partial charge in [0.2, 0.25) is 0 Å². The molecule has 0 saturated carbocycles. The van der Waals surface area contributed by atoms with E-state index < -0.39 is 41.3 Å². The number of ether oxygens (including phenoxy) is 1. The van der Waals surface area contributed by atoms with Crippen molar-refractivity contribution in [2.45, 2.75) is 12.6 Å². The highest BCUT2D eigenvalue weighted by Gasteiger charge is 2.38. The third-order valence-electron chi connectivity index (χ3n) is 1.89. The molecule has 18 heavy (non-hydrogen) atoms. The number of methoxy groups -OCH3 is 1. The number of pyridine rings is 1. The lowest BCUT2D eigenvalue weighted by atomic mass is 10.1. The molecule has 0 amide bonds. The number of hydrogen-bond acceptors (Lipinski definition) is 3. The Morgan fingerprint density at radius 2 is 1.94 bits per heavy atom. The molecule has 3 nitrogen and oxygen atoms in total. The minimum Gasteiger partial charge on any atom is -0.465 e. The molecule has 1 aromatic rings. The van der Waals surface area contributed by atoms with Gasteiger partial charge < -0.3 is 4.74 Å². The zero-order valence-corrected chi connectivity index (χ0v) is 8.69. The first-order valence-corrected chi connectivity index (χ1v) is 4.32. The second-order valence-corrected chi connectivity index (χ2v) is 3.04. The van der Waals surface area contributed by atoms with Gasteiger partial charge in [-0.1, -0.05) is 0 Å². The van der Waals surface area contributed by atoms with Gasteiger partial charge in [-0.2, -0.15) is 13.2 Å². The summed E-state index contributed by atoms with van der Waals surface area (Å²) in [6.45, 7) is 0. The van der Waals surface area contributed by atoms with Crippen molar-refractivity contribution in [3.05, 3.63) is 28.8 Å².